The van der Waals surface area contributed by atoms with E-state index >= 15 is 0 Å². The number of aliphatic hydroxyl groups is 1. The molecule has 3 unspecified atom stereocenters. The first kappa shape index (κ1) is 17.4. The van der Waals surface area contributed by atoms with Gasteiger partial charge >= 0.3 is 5.97 Å². The largest absolute Gasteiger partial charge is 0.461 e. The van der Waals surface area contributed by atoms with E-state index in [1.165, 1.54) is 26.2 Å². The second-order valence-corrected chi connectivity index (χ2v) is 7.53. The van der Waals surface area contributed by atoms with Gasteiger partial charge in [0.1, 0.15) is 12.7 Å². The second kappa shape index (κ2) is 6.44. The Morgan fingerprint density at radius 2 is 2.00 bits per heavy atom. The molecule has 0 amide bonds. The van der Waals surface area contributed by atoms with E-state index in [1.54, 1.807) is 0 Å². The van der Waals surface area contributed by atoms with Crippen LogP contribution in [0.5, 0.6) is 0 Å². The molecule has 0 radical (unpaired) electrons. The number of carbonyl (C=O) groups excluding carboxylic acids is 1. The predicted octanol–water partition coefficient (Wildman–Crippen LogP) is 2.92. The minimum absolute atomic E-state index is 0.150. The topological polar surface area (TPSA) is 55.8 Å². The summed E-state index contributed by atoms with van der Waals surface area (Å²) in [5.74, 6) is -0.0342. The highest BCUT2D eigenvalue weighted by molar-refractivity contribution is 5.73. The second-order valence-electron chi connectivity index (χ2n) is 7.53. The lowest BCUT2D eigenvalue weighted by atomic mass is 9.89. The van der Waals surface area contributed by atoms with Crippen LogP contribution in [0.4, 0.5) is 0 Å². The van der Waals surface area contributed by atoms with Crippen molar-refractivity contribution in [3.8, 4) is 0 Å². The highest BCUT2D eigenvalue weighted by Gasteiger charge is 2.36. The molecule has 1 fully saturated rings. The van der Waals surface area contributed by atoms with Gasteiger partial charge in [-0.05, 0) is 58.3 Å². The zero-order chi connectivity index (χ0) is 15.6. The molecule has 0 bridgehead atoms. The molecule has 0 spiro atoms. The molecule has 0 aromatic heterocycles. The molecule has 1 saturated carbocycles. The van der Waals surface area contributed by atoms with Gasteiger partial charge in [0.25, 0.3) is 0 Å². The molecule has 0 aliphatic heterocycles. The average Bonchev–Trinajstić information content (AvgIpc) is 2.66. The van der Waals surface area contributed by atoms with Gasteiger partial charge in [-0.2, -0.15) is 0 Å². The van der Waals surface area contributed by atoms with E-state index in [-0.39, 0.29) is 12.7 Å². The van der Waals surface area contributed by atoms with Crippen molar-refractivity contribution in [1.82, 2.24) is 0 Å². The van der Waals surface area contributed by atoms with Crippen molar-refractivity contribution >= 4 is 5.97 Å². The summed E-state index contributed by atoms with van der Waals surface area (Å²) >= 11 is 0. The lowest BCUT2D eigenvalue weighted by molar-refractivity contribution is -0.167. The number of rotatable bonds is 6. The standard InChI is InChI=1S/C16H30O4/c1-11(17)14(18)19-10-16(5,6)20-12(2)13-7-8-15(3,4)9-13/h11-13,17H,7-10H2,1-6H3. The van der Waals surface area contributed by atoms with Crippen molar-refractivity contribution in [2.75, 3.05) is 6.61 Å². The lowest BCUT2D eigenvalue weighted by Crippen LogP contribution is -2.38. The van der Waals surface area contributed by atoms with E-state index < -0.39 is 17.7 Å². The molecule has 20 heavy (non-hydrogen) atoms. The highest BCUT2D eigenvalue weighted by atomic mass is 16.6. The Hall–Kier alpha value is -0.610. The Kier molecular flexibility index (Phi) is 5.61. The van der Waals surface area contributed by atoms with Crippen molar-refractivity contribution in [2.24, 2.45) is 11.3 Å². The molecule has 3 atom stereocenters. The summed E-state index contributed by atoms with van der Waals surface area (Å²) in [4.78, 5) is 11.3. The molecule has 118 valence electrons. The van der Waals surface area contributed by atoms with Crippen LogP contribution in [0.1, 0.15) is 60.8 Å². The zero-order valence-corrected chi connectivity index (χ0v) is 13.7. The van der Waals surface area contributed by atoms with Crippen molar-refractivity contribution in [1.29, 1.82) is 0 Å². The summed E-state index contributed by atoms with van der Waals surface area (Å²) in [6, 6.07) is 0. The van der Waals surface area contributed by atoms with E-state index in [1.807, 2.05) is 13.8 Å². The first-order valence-electron chi connectivity index (χ1n) is 7.55. The average molecular weight is 286 g/mol. The third-order valence-corrected chi connectivity index (χ3v) is 4.08. The van der Waals surface area contributed by atoms with E-state index in [4.69, 9.17) is 14.6 Å². The summed E-state index contributed by atoms with van der Waals surface area (Å²) in [5, 5.41) is 9.11. The minimum Gasteiger partial charge on any atom is -0.461 e. The predicted molar refractivity (Wildman–Crippen MR) is 78.4 cm³/mol. The summed E-state index contributed by atoms with van der Waals surface area (Å²) in [6.07, 6.45) is 2.67. The van der Waals surface area contributed by atoms with Gasteiger partial charge in [0.2, 0.25) is 0 Å². The van der Waals surface area contributed by atoms with Crippen LogP contribution in [0.25, 0.3) is 0 Å². The van der Waals surface area contributed by atoms with Crippen LogP contribution >= 0.6 is 0 Å². The van der Waals surface area contributed by atoms with Gasteiger partial charge in [-0.25, -0.2) is 4.79 Å². The van der Waals surface area contributed by atoms with E-state index in [0.717, 1.165) is 0 Å². The van der Waals surface area contributed by atoms with Crippen molar-refractivity contribution in [3.63, 3.8) is 0 Å². The lowest BCUT2D eigenvalue weighted by Gasteiger charge is -2.32. The summed E-state index contributed by atoms with van der Waals surface area (Å²) in [6.45, 7) is 12.1. The Morgan fingerprint density at radius 1 is 1.40 bits per heavy atom. The van der Waals surface area contributed by atoms with E-state index in [0.29, 0.717) is 11.3 Å². The highest BCUT2D eigenvalue weighted by Crippen LogP contribution is 2.43. The van der Waals surface area contributed by atoms with Gasteiger partial charge in [-0.3, -0.25) is 0 Å². The monoisotopic (exact) mass is 286 g/mol. The quantitative estimate of drug-likeness (QED) is 0.763. The van der Waals surface area contributed by atoms with Crippen LogP contribution in [0.3, 0.4) is 0 Å². The SMILES string of the molecule is CC(O)C(=O)OCC(C)(C)OC(C)C1CCC(C)(C)C1. The first-order valence-corrected chi connectivity index (χ1v) is 7.55. The maximum absolute atomic E-state index is 11.3. The van der Waals surface area contributed by atoms with Gasteiger partial charge in [0.15, 0.2) is 0 Å². The Morgan fingerprint density at radius 3 is 2.45 bits per heavy atom. The zero-order valence-electron chi connectivity index (χ0n) is 13.7. The molecule has 1 aliphatic carbocycles. The fourth-order valence-corrected chi connectivity index (χ4v) is 2.89. The van der Waals surface area contributed by atoms with Gasteiger partial charge in [0, 0.05) is 0 Å². The van der Waals surface area contributed by atoms with E-state index in [9.17, 15) is 4.79 Å². The van der Waals surface area contributed by atoms with Crippen LogP contribution in [0.15, 0.2) is 0 Å². The number of hydrogen-bond donors (Lipinski definition) is 1. The molecular formula is C16H30O4. The fourth-order valence-electron chi connectivity index (χ4n) is 2.89. The maximum atomic E-state index is 11.3. The third-order valence-electron chi connectivity index (χ3n) is 4.08. The number of ether oxygens (including phenoxy) is 2. The molecule has 1 rings (SSSR count). The molecule has 0 aromatic rings. The van der Waals surface area contributed by atoms with Crippen LogP contribution in [0.2, 0.25) is 0 Å². The third kappa shape index (κ3) is 5.41. The smallest absolute Gasteiger partial charge is 0.334 e. The van der Waals surface area contributed by atoms with E-state index in [2.05, 4.69) is 20.8 Å². The van der Waals surface area contributed by atoms with Crippen LogP contribution in [0, 0.1) is 11.3 Å². The Bertz CT molecular complexity index is 333. The minimum atomic E-state index is -1.08. The fraction of sp³-hybridized carbons (Fsp3) is 0.938. The van der Waals surface area contributed by atoms with Crippen molar-refractivity contribution < 1.29 is 19.4 Å². The number of aliphatic hydroxyl groups excluding tert-OH is 1. The molecular weight excluding hydrogens is 256 g/mol. The normalized spacial score (nSPS) is 25.2. The molecule has 1 N–H and O–H groups in total. The van der Waals surface area contributed by atoms with Crippen LogP contribution in [-0.4, -0.2) is 35.5 Å². The van der Waals surface area contributed by atoms with Gasteiger partial charge in [-0.15, -0.1) is 0 Å². The summed E-state index contributed by atoms with van der Waals surface area (Å²) in [5.41, 5.74) is -0.123. The Labute approximate surface area is 122 Å². The summed E-state index contributed by atoms with van der Waals surface area (Å²) < 4.78 is 11.1. The molecule has 0 heterocycles. The summed E-state index contributed by atoms with van der Waals surface area (Å²) in [7, 11) is 0. The van der Waals surface area contributed by atoms with Crippen molar-refractivity contribution in [3.05, 3.63) is 0 Å². The molecule has 4 heteroatoms. The Balaban J connectivity index is 2.43. The van der Waals surface area contributed by atoms with Gasteiger partial charge in [-0.1, -0.05) is 13.8 Å². The number of hydrogen-bond acceptors (Lipinski definition) is 4. The molecule has 0 aromatic carbocycles. The number of carbonyl (C=O) groups is 1. The van der Waals surface area contributed by atoms with Crippen LogP contribution < -0.4 is 0 Å². The molecule has 1 aliphatic rings. The van der Waals surface area contributed by atoms with Crippen LogP contribution in [-0.2, 0) is 14.3 Å². The number of esters is 1. The molecule has 0 saturated heterocycles. The molecule has 4 nitrogen and oxygen atoms in total. The first-order chi connectivity index (χ1) is 9.02. The van der Waals surface area contributed by atoms with Gasteiger partial charge in [0.05, 0.1) is 11.7 Å². The van der Waals surface area contributed by atoms with Gasteiger partial charge < -0.3 is 14.6 Å². The maximum Gasteiger partial charge on any atom is 0.334 e. The van der Waals surface area contributed by atoms with Crippen molar-refractivity contribution in [2.45, 2.75) is 78.6 Å².